The Morgan fingerprint density at radius 2 is 1.68 bits per heavy atom. The normalized spacial score (nSPS) is 11.1. The Labute approximate surface area is 149 Å². The highest BCUT2D eigenvalue weighted by molar-refractivity contribution is 7.92. The number of hydrogen-bond donors (Lipinski definition) is 1. The van der Waals surface area contributed by atoms with Gasteiger partial charge in [0, 0.05) is 6.54 Å². The van der Waals surface area contributed by atoms with Crippen LogP contribution in [0.15, 0.2) is 59.5 Å². The standard InChI is InChI=1S/C19H24N2O3S/c1-3-4-14-20-19(22)15-21(18-13-9-8-10-16(18)2)25(23,24)17-11-6-5-7-12-17/h5-13H,3-4,14-15H2,1-2H3,(H,20,22). The van der Waals surface area contributed by atoms with Gasteiger partial charge in [0.15, 0.2) is 0 Å². The molecule has 2 aromatic rings. The SMILES string of the molecule is CCCCNC(=O)CN(c1ccccc1C)S(=O)(=O)c1ccccc1. The number of hydrogen-bond acceptors (Lipinski definition) is 3. The second-order valence-corrected chi connectivity index (χ2v) is 7.68. The lowest BCUT2D eigenvalue weighted by Crippen LogP contribution is -2.41. The number of unbranched alkanes of at least 4 members (excludes halogenated alkanes) is 1. The van der Waals surface area contributed by atoms with E-state index in [-0.39, 0.29) is 17.3 Å². The molecule has 134 valence electrons. The van der Waals surface area contributed by atoms with Gasteiger partial charge in [0.2, 0.25) is 5.91 Å². The fraction of sp³-hybridized carbons (Fsp3) is 0.316. The molecule has 0 aliphatic carbocycles. The topological polar surface area (TPSA) is 66.5 Å². The molecule has 0 heterocycles. The second-order valence-electron chi connectivity index (χ2n) is 5.81. The number of nitrogens with one attached hydrogen (secondary N) is 1. The minimum absolute atomic E-state index is 0.166. The van der Waals surface area contributed by atoms with Gasteiger partial charge in [-0.1, -0.05) is 49.7 Å². The smallest absolute Gasteiger partial charge is 0.264 e. The lowest BCUT2D eigenvalue weighted by atomic mass is 10.2. The van der Waals surface area contributed by atoms with E-state index in [0.29, 0.717) is 12.2 Å². The fourth-order valence-electron chi connectivity index (χ4n) is 2.45. The highest BCUT2D eigenvalue weighted by Gasteiger charge is 2.27. The Morgan fingerprint density at radius 3 is 2.32 bits per heavy atom. The van der Waals surface area contributed by atoms with Crippen LogP contribution in [0.25, 0.3) is 0 Å². The molecule has 2 rings (SSSR count). The number of aryl methyl sites for hydroxylation is 1. The van der Waals surface area contributed by atoms with E-state index in [4.69, 9.17) is 0 Å². The van der Waals surface area contributed by atoms with Crippen molar-refractivity contribution in [3.05, 3.63) is 60.2 Å². The third-order valence-electron chi connectivity index (χ3n) is 3.86. The van der Waals surface area contributed by atoms with Crippen LogP contribution >= 0.6 is 0 Å². The quantitative estimate of drug-likeness (QED) is 0.736. The maximum atomic E-state index is 13.1. The molecule has 0 fully saturated rings. The summed E-state index contributed by atoms with van der Waals surface area (Å²) in [6, 6.07) is 15.3. The third kappa shape index (κ3) is 4.82. The molecule has 6 heteroatoms. The Kier molecular flexibility index (Phi) is 6.58. The van der Waals surface area contributed by atoms with Crippen molar-refractivity contribution >= 4 is 21.6 Å². The molecule has 0 unspecified atom stereocenters. The molecule has 0 radical (unpaired) electrons. The number of amides is 1. The van der Waals surface area contributed by atoms with Gasteiger partial charge in [-0.25, -0.2) is 8.42 Å². The summed E-state index contributed by atoms with van der Waals surface area (Å²) in [7, 11) is -3.83. The van der Waals surface area contributed by atoms with E-state index in [1.165, 1.54) is 16.4 Å². The molecule has 0 atom stereocenters. The van der Waals surface area contributed by atoms with Gasteiger partial charge in [0.05, 0.1) is 10.6 Å². The van der Waals surface area contributed by atoms with Gasteiger partial charge in [-0.05, 0) is 37.1 Å². The highest BCUT2D eigenvalue weighted by atomic mass is 32.2. The molecule has 0 spiro atoms. The van der Waals surface area contributed by atoms with Gasteiger partial charge < -0.3 is 5.32 Å². The summed E-state index contributed by atoms with van der Waals surface area (Å²) in [6.07, 6.45) is 1.83. The number of benzene rings is 2. The predicted octanol–water partition coefficient (Wildman–Crippen LogP) is 3.11. The molecule has 0 saturated heterocycles. The Bertz CT molecular complexity index is 804. The first-order valence-corrected chi connectivity index (χ1v) is 9.81. The Balaban J connectivity index is 2.36. The lowest BCUT2D eigenvalue weighted by molar-refractivity contribution is -0.119. The number of nitrogens with zero attached hydrogens (tertiary/aromatic N) is 1. The number of carbonyl (C=O) groups excluding carboxylic acids is 1. The molecule has 1 N–H and O–H groups in total. The van der Waals surface area contributed by atoms with E-state index in [2.05, 4.69) is 5.32 Å². The molecule has 1 amide bonds. The Morgan fingerprint density at radius 1 is 1.04 bits per heavy atom. The van der Waals surface area contributed by atoms with Gasteiger partial charge in [-0.2, -0.15) is 0 Å². The zero-order chi connectivity index (χ0) is 18.3. The lowest BCUT2D eigenvalue weighted by Gasteiger charge is -2.25. The van der Waals surface area contributed by atoms with Crippen LogP contribution in [0.1, 0.15) is 25.3 Å². The van der Waals surface area contributed by atoms with E-state index in [1.807, 2.05) is 26.0 Å². The molecule has 0 aliphatic rings. The van der Waals surface area contributed by atoms with E-state index in [1.54, 1.807) is 30.3 Å². The third-order valence-corrected chi connectivity index (χ3v) is 5.63. The fourth-order valence-corrected chi connectivity index (χ4v) is 3.96. The summed E-state index contributed by atoms with van der Waals surface area (Å²) in [6.45, 7) is 4.16. The summed E-state index contributed by atoms with van der Waals surface area (Å²) in [5, 5.41) is 2.78. The number of carbonyl (C=O) groups is 1. The molecule has 2 aromatic carbocycles. The molecule has 0 bridgehead atoms. The van der Waals surface area contributed by atoms with E-state index in [0.717, 1.165) is 18.4 Å². The highest BCUT2D eigenvalue weighted by Crippen LogP contribution is 2.26. The van der Waals surface area contributed by atoms with Crippen LogP contribution < -0.4 is 9.62 Å². The first kappa shape index (κ1) is 19.0. The minimum atomic E-state index is -3.83. The van der Waals surface area contributed by atoms with Gasteiger partial charge in [-0.15, -0.1) is 0 Å². The van der Waals surface area contributed by atoms with Crippen LogP contribution in [0.4, 0.5) is 5.69 Å². The number of rotatable bonds is 8. The zero-order valence-corrected chi connectivity index (χ0v) is 15.4. The maximum absolute atomic E-state index is 13.1. The van der Waals surface area contributed by atoms with E-state index in [9.17, 15) is 13.2 Å². The van der Waals surface area contributed by atoms with Crippen LogP contribution in [0, 0.1) is 6.92 Å². The molecule has 0 aliphatic heterocycles. The van der Waals surface area contributed by atoms with Crippen LogP contribution in [0.5, 0.6) is 0 Å². The number of sulfonamides is 1. The predicted molar refractivity (Wildman–Crippen MR) is 100 cm³/mol. The number of para-hydroxylation sites is 1. The van der Waals surface area contributed by atoms with Crippen molar-refractivity contribution < 1.29 is 13.2 Å². The van der Waals surface area contributed by atoms with Crippen LogP contribution in [-0.4, -0.2) is 27.4 Å². The monoisotopic (exact) mass is 360 g/mol. The second kappa shape index (κ2) is 8.67. The van der Waals surface area contributed by atoms with Crippen molar-refractivity contribution in [3.63, 3.8) is 0 Å². The van der Waals surface area contributed by atoms with E-state index >= 15 is 0 Å². The average molecular weight is 360 g/mol. The largest absolute Gasteiger partial charge is 0.355 e. The van der Waals surface area contributed by atoms with Crippen LogP contribution in [0.2, 0.25) is 0 Å². The van der Waals surface area contributed by atoms with Crippen molar-refractivity contribution in [1.29, 1.82) is 0 Å². The first-order valence-electron chi connectivity index (χ1n) is 8.37. The zero-order valence-electron chi connectivity index (χ0n) is 14.6. The molecule has 25 heavy (non-hydrogen) atoms. The minimum Gasteiger partial charge on any atom is -0.355 e. The van der Waals surface area contributed by atoms with Crippen molar-refractivity contribution in [1.82, 2.24) is 5.32 Å². The number of anilines is 1. The molecule has 0 aromatic heterocycles. The summed E-state index contributed by atoms with van der Waals surface area (Å²) >= 11 is 0. The van der Waals surface area contributed by atoms with Crippen molar-refractivity contribution in [2.24, 2.45) is 0 Å². The van der Waals surface area contributed by atoms with Gasteiger partial charge in [-0.3, -0.25) is 9.10 Å². The molecule has 5 nitrogen and oxygen atoms in total. The molecular formula is C19H24N2O3S. The Hall–Kier alpha value is -2.34. The molecular weight excluding hydrogens is 336 g/mol. The van der Waals surface area contributed by atoms with Gasteiger partial charge >= 0.3 is 0 Å². The van der Waals surface area contributed by atoms with Gasteiger partial charge in [0.1, 0.15) is 6.54 Å². The summed E-state index contributed by atoms with van der Waals surface area (Å²) in [5.74, 6) is -0.309. The van der Waals surface area contributed by atoms with Crippen molar-refractivity contribution in [3.8, 4) is 0 Å². The van der Waals surface area contributed by atoms with Crippen molar-refractivity contribution in [2.45, 2.75) is 31.6 Å². The van der Waals surface area contributed by atoms with E-state index < -0.39 is 10.0 Å². The summed E-state index contributed by atoms with van der Waals surface area (Å²) in [5.41, 5.74) is 1.31. The first-order chi connectivity index (χ1) is 12.0. The maximum Gasteiger partial charge on any atom is 0.264 e. The van der Waals surface area contributed by atoms with Crippen LogP contribution in [-0.2, 0) is 14.8 Å². The average Bonchev–Trinajstić information content (AvgIpc) is 2.61. The van der Waals surface area contributed by atoms with Gasteiger partial charge in [0.25, 0.3) is 10.0 Å². The summed E-state index contributed by atoms with van der Waals surface area (Å²) < 4.78 is 27.4. The van der Waals surface area contributed by atoms with Crippen LogP contribution in [0.3, 0.4) is 0 Å². The van der Waals surface area contributed by atoms with Crippen molar-refractivity contribution in [2.75, 3.05) is 17.4 Å². The molecule has 0 saturated carbocycles. The summed E-state index contributed by atoms with van der Waals surface area (Å²) in [4.78, 5) is 12.4.